The molecular formula is C14H21FN2O4. The summed E-state index contributed by atoms with van der Waals surface area (Å²) in [4.78, 5) is 10.1. The molecule has 0 aliphatic rings. The number of rotatable bonds is 8. The average molecular weight is 300 g/mol. The van der Waals surface area contributed by atoms with Crippen molar-refractivity contribution in [1.29, 1.82) is 0 Å². The van der Waals surface area contributed by atoms with Gasteiger partial charge in [-0.25, -0.2) is 4.39 Å². The number of ether oxygens (including phenoxy) is 1. The third-order valence-electron chi connectivity index (χ3n) is 3.23. The highest BCUT2D eigenvalue weighted by atomic mass is 19.1. The lowest BCUT2D eigenvalue weighted by atomic mass is 9.88. The predicted octanol–water partition coefficient (Wildman–Crippen LogP) is 2.95. The zero-order valence-corrected chi connectivity index (χ0v) is 12.5. The van der Waals surface area contributed by atoms with Crippen molar-refractivity contribution < 1.29 is 19.2 Å². The maximum Gasteiger partial charge on any atom is 0.313 e. The molecular weight excluding hydrogens is 279 g/mol. The molecule has 0 atom stereocenters. The summed E-state index contributed by atoms with van der Waals surface area (Å²) >= 11 is 0. The van der Waals surface area contributed by atoms with Crippen LogP contribution in [0.4, 0.5) is 15.8 Å². The number of hydrogen-bond donors (Lipinski definition) is 2. The summed E-state index contributed by atoms with van der Waals surface area (Å²) in [7, 11) is 1.30. The Kier molecular flexibility index (Phi) is 5.90. The third-order valence-corrected chi connectivity index (χ3v) is 3.23. The van der Waals surface area contributed by atoms with Crippen LogP contribution < -0.4 is 10.1 Å². The molecule has 6 nitrogen and oxygen atoms in total. The van der Waals surface area contributed by atoms with Gasteiger partial charge in [0.25, 0.3) is 0 Å². The molecule has 7 heteroatoms. The maximum absolute atomic E-state index is 13.9. The lowest BCUT2D eigenvalue weighted by Crippen LogP contribution is -2.23. The number of nitro groups is 1. The minimum Gasteiger partial charge on any atom is -0.490 e. The average Bonchev–Trinajstić information content (AvgIpc) is 2.43. The first kappa shape index (κ1) is 17.2. The van der Waals surface area contributed by atoms with Crippen LogP contribution in [0.5, 0.6) is 5.75 Å². The van der Waals surface area contributed by atoms with Crippen LogP contribution in [0.25, 0.3) is 0 Å². The first-order valence-electron chi connectivity index (χ1n) is 6.67. The molecule has 0 aliphatic carbocycles. The maximum atomic E-state index is 13.9. The predicted molar refractivity (Wildman–Crippen MR) is 78.2 cm³/mol. The van der Waals surface area contributed by atoms with Crippen molar-refractivity contribution in [1.82, 2.24) is 0 Å². The Labute approximate surface area is 123 Å². The number of hydrogen-bond acceptors (Lipinski definition) is 5. The van der Waals surface area contributed by atoms with E-state index in [1.807, 2.05) is 13.8 Å². The van der Waals surface area contributed by atoms with Crippen molar-refractivity contribution >= 4 is 11.4 Å². The van der Waals surface area contributed by atoms with Crippen molar-refractivity contribution in [2.24, 2.45) is 5.41 Å². The van der Waals surface area contributed by atoms with E-state index in [0.29, 0.717) is 13.0 Å². The number of nitrogens with one attached hydrogen (secondary N) is 1. The molecule has 0 spiro atoms. The highest BCUT2D eigenvalue weighted by Crippen LogP contribution is 2.33. The fourth-order valence-electron chi connectivity index (χ4n) is 1.97. The number of aliphatic hydroxyl groups excluding tert-OH is 1. The van der Waals surface area contributed by atoms with Crippen LogP contribution >= 0.6 is 0 Å². The van der Waals surface area contributed by atoms with Gasteiger partial charge in [0.2, 0.25) is 0 Å². The second-order valence-electron chi connectivity index (χ2n) is 5.61. The van der Waals surface area contributed by atoms with Crippen LogP contribution in [-0.2, 0) is 0 Å². The topological polar surface area (TPSA) is 84.6 Å². The first-order valence-corrected chi connectivity index (χ1v) is 6.67. The standard InChI is InChI=1S/C14H21FN2O4/c1-14(2,5-4-6-18)9-16-11-8-13(21-3)12(17(19)20)7-10(11)15/h7-8,16,18H,4-6,9H2,1-3H3. The molecule has 0 saturated carbocycles. The van der Waals surface area contributed by atoms with Crippen LogP contribution in [0.3, 0.4) is 0 Å². The SMILES string of the molecule is COc1cc(NCC(C)(C)CCCO)c(F)cc1[N+](=O)[O-]. The highest BCUT2D eigenvalue weighted by Gasteiger charge is 2.21. The summed E-state index contributed by atoms with van der Waals surface area (Å²) in [6.07, 6.45) is 1.45. The minimum absolute atomic E-state index is 0.0112. The van der Waals surface area contributed by atoms with Crippen molar-refractivity contribution in [2.45, 2.75) is 26.7 Å². The molecule has 0 radical (unpaired) electrons. The van der Waals surface area contributed by atoms with E-state index in [1.54, 1.807) is 0 Å². The van der Waals surface area contributed by atoms with Crippen LogP contribution in [-0.4, -0.2) is 30.3 Å². The molecule has 1 aromatic carbocycles. The van der Waals surface area contributed by atoms with Gasteiger partial charge < -0.3 is 15.2 Å². The van der Waals surface area contributed by atoms with Crippen molar-refractivity contribution in [3.05, 3.63) is 28.1 Å². The molecule has 2 N–H and O–H groups in total. The van der Waals surface area contributed by atoms with E-state index in [2.05, 4.69) is 5.32 Å². The molecule has 0 aliphatic heterocycles. The molecule has 0 bridgehead atoms. The lowest BCUT2D eigenvalue weighted by Gasteiger charge is -2.25. The van der Waals surface area contributed by atoms with Gasteiger partial charge in [-0.05, 0) is 18.3 Å². The van der Waals surface area contributed by atoms with E-state index in [9.17, 15) is 14.5 Å². The molecule has 0 amide bonds. The monoisotopic (exact) mass is 300 g/mol. The zero-order chi connectivity index (χ0) is 16.0. The number of anilines is 1. The number of nitrogens with zero attached hydrogens (tertiary/aromatic N) is 1. The Bertz CT molecular complexity index is 506. The molecule has 1 aromatic rings. The van der Waals surface area contributed by atoms with Crippen LogP contribution in [0.2, 0.25) is 0 Å². The van der Waals surface area contributed by atoms with E-state index < -0.39 is 16.4 Å². The van der Waals surface area contributed by atoms with Gasteiger partial charge in [0.15, 0.2) is 11.6 Å². The van der Waals surface area contributed by atoms with E-state index in [4.69, 9.17) is 9.84 Å². The Morgan fingerprint density at radius 3 is 2.67 bits per heavy atom. The summed E-state index contributed by atoms with van der Waals surface area (Å²) < 4.78 is 18.8. The van der Waals surface area contributed by atoms with Gasteiger partial charge in [-0.1, -0.05) is 13.8 Å². The summed E-state index contributed by atoms with van der Waals surface area (Å²) in [6.45, 7) is 4.58. The fraction of sp³-hybridized carbons (Fsp3) is 0.571. The fourth-order valence-corrected chi connectivity index (χ4v) is 1.97. The minimum atomic E-state index is -0.694. The Hall–Kier alpha value is -1.89. The lowest BCUT2D eigenvalue weighted by molar-refractivity contribution is -0.385. The molecule has 21 heavy (non-hydrogen) atoms. The van der Waals surface area contributed by atoms with E-state index in [-0.39, 0.29) is 23.5 Å². The van der Waals surface area contributed by atoms with Crippen molar-refractivity contribution in [3.8, 4) is 5.75 Å². The molecule has 0 saturated heterocycles. The van der Waals surface area contributed by atoms with Gasteiger partial charge >= 0.3 is 5.69 Å². The third kappa shape index (κ3) is 4.86. The van der Waals surface area contributed by atoms with Gasteiger partial charge in [-0.2, -0.15) is 0 Å². The molecule has 0 unspecified atom stereocenters. The number of methoxy groups -OCH3 is 1. The van der Waals surface area contributed by atoms with Gasteiger partial charge in [0.05, 0.1) is 23.8 Å². The van der Waals surface area contributed by atoms with Gasteiger partial charge in [0.1, 0.15) is 0 Å². The number of aliphatic hydroxyl groups is 1. The van der Waals surface area contributed by atoms with Gasteiger partial charge in [-0.15, -0.1) is 0 Å². The summed E-state index contributed by atoms with van der Waals surface area (Å²) in [5.74, 6) is -0.683. The quantitative estimate of drug-likeness (QED) is 0.569. The molecule has 1 rings (SSSR count). The highest BCUT2D eigenvalue weighted by molar-refractivity contribution is 5.59. The van der Waals surface area contributed by atoms with Gasteiger partial charge in [0, 0.05) is 19.2 Å². The Morgan fingerprint density at radius 2 is 2.14 bits per heavy atom. The molecule has 0 fully saturated rings. The Morgan fingerprint density at radius 1 is 1.48 bits per heavy atom. The Balaban J connectivity index is 2.87. The van der Waals surface area contributed by atoms with Crippen LogP contribution in [0.1, 0.15) is 26.7 Å². The number of nitro benzene ring substituents is 1. The second-order valence-corrected chi connectivity index (χ2v) is 5.61. The van der Waals surface area contributed by atoms with E-state index in [1.165, 1.54) is 13.2 Å². The van der Waals surface area contributed by atoms with Crippen molar-refractivity contribution in [2.75, 3.05) is 25.6 Å². The molecule has 118 valence electrons. The number of benzene rings is 1. The van der Waals surface area contributed by atoms with E-state index in [0.717, 1.165) is 12.5 Å². The summed E-state index contributed by atoms with van der Waals surface area (Å²) in [6, 6.07) is 2.14. The summed E-state index contributed by atoms with van der Waals surface area (Å²) in [5, 5.41) is 22.6. The van der Waals surface area contributed by atoms with Crippen molar-refractivity contribution in [3.63, 3.8) is 0 Å². The van der Waals surface area contributed by atoms with Crippen LogP contribution in [0, 0.1) is 21.3 Å². The smallest absolute Gasteiger partial charge is 0.313 e. The van der Waals surface area contributed by atoms with E-state index >= 15 is 0 Å². The van der Waals surface area contributed by atoms with Gasteiger partial charge in [-0.3, -0.25) is 10.1 Å². The zero-order valence-electron chi connectivity index (χ0n) is 12.5. The first-order chi connectivity index (χ1) is 9.80. The summed E-state index contributed by atoms with van der Waals surface area (Å²) in [5.41, 5.74) is -0.376. The molecule has 0 aromatic heterocycles. The second kappa shape index (κ2) is 7.21. The normalized spacial score (nSPS) is 11.3. The van der Waals surface area contributed by atoms with Crippen LogP contribution in [0.15, 0.2) is 12.1 Å². The largest absolute Gasteiger partial charge is 0.490 e. The number of halogens is 1. The molecule has 0 heterocycles.